The summed E-state index contributed by atoms with van der Waals surface area (Å²) in [5.41, 5.74) is -0.330. The zero-order valence-electron chi connectivity index (χ0n) is 38.7. The van der Waals surface area contributed by atoms with Crippen molar-refractivity contribution in [2.75, 3.05) is 13.1 Å². The first-order valence-electron chi connectivity index (χ1n) is 25.0. The number of halogens is 1. The normalized spacial score (nSPS) is 18.5. The molecule has 0 saturated carbocycles. The zero-order valence-corrected chi connectivity index (χ0v) is 40.9. The van der Waals surface area contributed by atoms with E-state index in [2.05, 4.69) is 13.8 Å². The van der Waals surface area contributed by atoms with Crippen LogP contribution in [0, 0.1) is 0 Å². The summed E-state index contributed by atoms with van der Waals surface area (Å²) in [6.07, 6.45) is 34.5. The molecule has 2 aromatic rings. The summed E-state index contributed by atoms with van der Waals surface area (Å²) in [6, 6.07) is 20.2. The predicted octanol–water partition coefficient (Wildman–Crippen LogP) is 9.46. The topological polar surface area (TPSA) is 92.7 Å². The van der Waals surface area contributed by atoms with Gasteiger partial charge in [0.15, 0.2) is 0 Å². The van der Waals surface area contributed by atoms with Gasteiger partial charge in [-0.15, -0.1) is 0 Å². The molecule has 3 aliphatic rings. The Balaban J connectivity index is 0.000000628. The van der Waals surface area contributed by atoms with Crippen LogP contribution in [0.1, 0.15) is 218 Å². The van der Waals surface area contributed by atoms with Crippen LogP contribution in [0.15, 0.2) is 60.7 Å². The molecule has 3 aliphatic heterocycles. The molecule has 0 N–H and O–H groups in total. The number of hydrogen-bond acceptors (Lipinski definition) is 6. The van der Waals surface area contributed by atoms with E-state index >= 15 is 0 Å². The summed E-state index contributed by atoms with van der Waals surface area (Å²) in [4.78, 5) is 38.1. The maximum absolute atomic E-state index is 14.5. The number of aliphatic carboxylic acids is 1. The Morgan fingerprint density at radius 3 is 1.34 bits per heavy atom. The molecule has 2 atom stereocenters. The molecule has 0 radical (unpaired) electrons. The molecule has 9 heteroatoms. The third kappa shape index (κ3) is 18.4. The van der Waals surface area contributed by atoms with Gasteiger partial charge in [-0.3, -0.25) is 4.79 Å². The molecule has 3 saturated heterocycles. The number of carbonyl (C=O) groups excluding carboxylic acids is 3. The Hall–Kier alpha value is -2.16. The van der Waals surface area contributed by atoms with Crippen molar-refractivity contribution in [3.05, 3.63) is 71.8 Å². The van der Waals surface area contributed by atoms with Gasteiger partial charge < -0.3 is 36.3 Å². The number of esters is 2. The van der Waals surface area contributed by atoms with Gasteiger partial charge >= 0.3 is 34.3 Å². The van der Waals surface area contributed by atoms with Gasteiger partial charge in [0.05, 0.1) is 25.2 Å². The van der Waals surface area contributed by atoms with Crippen LogP contribution < -0.4 is 17.5 Å². The number of quaternary nitrogens is 1. The first-order chi connectivity index (χ1) is 29.4. The van der Waals surface area contributed by atoms with Gasteiger partial charge in [0.2, 0.25) is 0 Å². The van der Waals surface area contributed by atoms with E-state index in [1.165, 1.54) is 152 Å². The van der Waals surface area contributed by atoms with Crippen molar-refractivity contribution in [1.82, 2.24) is 0 Å². The molecule has 354 valence electrons. The van der Waals surface area contributed by atoms with Crippen molar-refractivity contribution < 1.29 is 68.2 Å². The smallest absolute Gasteiger partial charge is 1.00 e. The summed E-state index contributed by atoms with van der Waals surface area (Å²) in [5.74, 6) is -1.70. The Labute approximate surface area is 399 Å². The molecule has 0 aliphatic carbocycles. The van der Waals surface area contributed by atoms with Gasteiger partial charge in [-0.05, 0) is 19.3 Å². The van der Waals surface area contributed by atoms with E-state index in [0.717, 1.165) is 44.9 Å². The molecular formula is C53H83AgClNO6. The second-order valence-electron chi connectivity index (χ2n) is 18.5. The van der Waals surface area contributed by atoms with Gasteiger partial charge in [0.25, 0.3) is 5.60 Å². The molecule has 62 heavy (non-hydrogen) atoms. The first kappa shape index (κ1) is 56.0. The fourth-order valence-electron chi connectivity index (χ4n) is 10.5. The Morgan fingerprint density at radius 1 is 0.581 bits per heavy atom. The summed E-state index contributed by atoms with van der Waals surface area (Å²) in [7, 11) is 0. The summed E-state index contributed by atoms with van der Waals surface area (Å²) in [5, 5.41) is 10.1. The van der Waals surface area contributed by atoms with E-state index in [4.69, 9.17) is 9.47 Å². The largest absolute Gasteiger partial charge is 1.00 e. The number of nitrogens with zero attached hydrogens (tertiary/aromatic N) is 1. The number of carbonyl (C=O) groups is 3. The van der Waals surface area contributed by atoms with Crippen LogP contribution in [0.4, 0.5) is 0 Å². The van der Waals surface area contributed by atoms with E-state index in [1.807, 2.05) is 60.7 Å². The minimum Gasteiger partial charge on any atom is -1.00 e. The maximum Gasteiger partial charge on any atom is 1.00 e. The minimum absolute atomic E-state index is 0. The third-order valence-electron chi connectivity index (χ3n) is 13.9. The first-order valence-corrected chi connectivity index (χ1v) is 25.0. The van der Waals surface area contributed by atoms with Crippen molar-refractivity contribution in [2.24, 2.45) is 0 Å². The number of carboxylic acids is 1. The number of rotatable bonds is 29. The molecule has 7 nitrogen and oxygen atoms in total. The van der Waals surface area contributed by atoms with Crippen molar-refractivity contribution >= 4 is 17.9 Å². The second kappa shape index (κ2) is 32.5. The van der Waals surface area contributed by atoms with Crippen molar-refractivity contribution in [1.29, 1.82) is 0 Å². The number of ether oxygens (including phenoxy) is 2. The molecule has 3 fully saturated rings. The maximum atomic E-state index is 14.5. The van der Waals surface area contributed by atoms with Crippen LogP contribution in [0.25, 0.3) is 0 Å². The zero-order chi connectivity index (χ0) is 42.7. The summed E-state index contributed by atoms with van der Waals surface area (Å²) in [6.45, 7) is 7.07. The molecule has 5 rings (SSSR count). The van der Waals surface area contributed by atoms with E-state index in [1.54, 1.807) is 0 Å². The van der Waals surface area contributed by atoms with Gasteiger partial charge in [-0.25, -0.2) is 4.79 Å². The SMILES string of the molecule is CCCCCCCCCCCCCC(=O)OC(C(=O)OC1CC2CCC(C1)[N+]21CCCC1)(c1ccccc1)c1ccccc1.CCCCCCCCCCCCCC(=O)[O-].[Ag+].[Cl-]. The molecule has 3 heterocycles. The molecular weight excluding hydrogens is 890 g/mol. The van der Waals surface area contributed by atoms with E-state index in [9.17, 15) is 19.5 Å². The Morgan fingerprint density at radius 2 is 0.952 bits per heavy atom. The van der Waals surface area contributed by atoms with Crippen molar-refractivity contribution in [3.63, 3.8) is 0 Å². The Bertz CT molecular complexity index is 1420. The Kier molecular flexibility index (Phi) is 29.3. The number of benzene rings is 2. The fourth-order valence-corrected chi connectivity index (χ4v) is 10.5. The van der Waals surface area contributed by atoms with Gasteiger partial charge in [0.1, 0.15) is 6.10 Å². The fraction of sp³-hybridized carbons (Fsp3) is 0.717. The minimum atomic E-state index is -1.62. The average molecular weight is 974 g/mol. The van der Waals surface area contributed by atoms with Gasteiger partial charge in [0, 0.05) is 62.0 Å². The standard InChI is InChI=1S/C39H56NO4.C14H28O2.Ag.ClH/c1-2-3-4-5-6-7-8-9-10-11-18-25-37(41)44-39(32-21-14-12-15-22-32,33-23-16-13-17-24-33)38(42)43-36-30-34-26-27-35(31-36)40(34)28-19-20-29-40;1-2-3-4-5-6-7-8-9-10-11-12-13-14(15)16;;/h12-17,21-24,34-36H,2-11,18-20,25-31H2,1H3;2-13H2,1H3,(H,15,16);;1H/q+1;;+1;/p-2. The predicted molar refractivity (Wildman–Crippen MR) is 242 cm³/mol. The van der Waals surface area contributed by atoms with E-state index < -0.39 is 17.5 Å². The van der Waals surface area contributed by atoms with Crippen LogP contribution >= 0.6 is 0 Å². The number of piperidine rings is 1. The molecule has 2 bridgehead atoms. The van der Waals surface area contributed by atoms with Gasteiger partial charge in [-0.2, -0.15) is 0 Å². The summed E-state index contributed by atoms with van der Waals surface area (Å²) >= 11 is 0. The van der Waals surface area contributed by atoms with Crippen LogP contribution in [0.3, 0.4) is 0 Å². The van der Waals surface area contributed by atoms with E-state index in [0.29, 0.717) is 29.6 Å². The summed E-state index contributed by atoms with van der Waals surface area (Å²) < 4.78 is 14.0. The average Bonchev–Trinajstić information content (AvgIpc) is 3.81. The molecule has 2 aromatic carbocycles. The molecule has 0 amide bonds. The molecule has 2 unspecified atom stereocenters. The van der Waals surface area contributed by atoms with Crippen LogP contribution in [0.2, 0.25) is 0 Å². The quantitative estimate of drug-likeness (QED) is 0.0350. The van der Waals surface area contributed by atoms with Crippen molar-refractivity contribution in [3.8, 4) is 0 Å². The monoisotopic (exact) mass is 971 g/mol. The third-order valence-corrected chi connectivity index (χ3v) is 13.9. The van der Waals surface area contributed by atoms with E-state index in [-0.39, 0.29) is 53.3 Å². The van der Waals surface area contributed by atoms with Crippen LogP contribution in [-0.4, -0.2) is 53.7 Å². The van der Waals surface area contributed by atoms with Crippen LogP contribution in [-0.2, 0) is 51.8 Å². The van der Waals surface area contributed by atoms with Crippen LogP contribution in [0.5, 0.6) is 0 Å². The second-order valence-corrected chi connectivity index (χ2v) is 18.5. The number of carboxylic acid groups (broad SMARTS) is 1. The molecule has 1 spiro atoms. The van der Waals surface area contributed by atoms with Gasteiger partial charge in [-0.1, -0.05) is 203 Å². The van der Waals surface area contributed by atoms with Crippen molar-refractivity contribution in [2.45, 2.75) is 230 Å². The molecule has 0 aromatic heterocycles. The number of hydrogen-bond donors (Lipinski definition) is 0. The number of unbranched alkanes of at least 4 members (excludes halogenated alkanes) is 20.